The Morgan fingerprint density at radius 1 is 0.469 bits per heavy atom. The van der Waals surface area contributed by atoms with Gasteiger partial charge in [-0.05, 0) is 0 Å². The second-order valence-corrected chi connectivity index (χ2v) is 69.2. The van der Waals surface area contributed by atoms with Crippen LogP contribution in [-0.4, -0.2) is 0 Å². The summed E-state index contributed by atoms with van der Waals surface area (Å²) < 4.78 is 1.95. The van der Waals surface area contributed by atoms with Crippen LogP contribution in [-0.2, 0) is 21.6 Å². The molecule has 0 radical (unpaired) electrons. The summed E-state index contributed by atoms with van der Waals surface area (Å²) in [5, 5.41) is 3.53. The van der Waals surface area contributed by atoms with E-state index in [1.54, 1.807) is 5.39 Å². The summed E-state index contributed by atoms with van der Waals surface area (Å²) >= 11 is 0. The first-order valence-electron chi connectivity index (χ1n) is 14.3. The van der Waals surface area contributed by atoms with E-state index in [4.69, 9.17) is 0 Å². The van der Waals surface area contributed by atoms with Crippen LogP contribution in [0.4, 0.5) is 0 Å². The topological polar surface area (TPSA) is 0 Å². The van der Waals surface area contributed by atoms with Crippen molar-refractivity contribution in [1.29, 1.82) is 0 Å². The molecule has 0 nitrogen and oxygen atoms in total. The number of hydrogen-bond donors (Lipinski definition) is 0. The van der Waals surface area contributed by atoms with Gasteiger partial charge < -0.3 is 0 Å². The molecular weight excluding hydrogens is 472 g/mol. The minimum absolute atomic E-state index is 0.969. The van der Waals surface area contributed by atoms with Gasteiger partial charge in [0.25, 0.3) is 0 Å². The van der Waals surface area contributed by atoms with Crippen molar-refractivity contribution in [1.82, 2.24) is 0 Å². The quantitative estimate of drug-likeness (QED) is 0.366. The molecule has 0 aromatic heterocycles. The van der Waals surface area contributed by atoms with Crippen molar-refractivity contribution >= 4 is 10.8 Å². The predicted molar refractivity (Wildman–Crippen MR) is 115 cm³/mol. The zero-order valence-electron chi connectivity index (χ0n) is 17.6. The molecule has 22 rings (SSSR count). The Morgan fingerprint density at radius 3 is 1.38 bits per heavy atom. The molecule has 8 atom stereocenters. The zero-order valence-corrected chi connectivity index (χ0v) is 19.8. The molecule has 20 fully saturated rings. The fraction of sp³-hybridized carbons (Fsp3) is 0.667. The Bertz CT molecular complexity index is 2520. The Morgan fingerprint density at radius 2 is 0.938 bits per heavy atom. The third-order valence-corrected chi connectivity index (χ3v) is 117. The van der Waals surface area contributed by atoms with Gasteiger partial charge in [-0.3, -0.25) is 0 Å². The van der Waals surface area contributed by atoms with E-state index in [1.807, 2.05) is 5.39 Å². The van der Waals surface area contributed by atoms with Gasteiger partial charge in [-0.25, -0.2) is 0 Å². The third kappa shape index (κ3) is 0.115. The van der Waals surface area contributed by atoms with E-state index in [-0.39, 0.29) is 0 Å². The normalized spacial score (nSPS) is 126. The maximum absolute atomic E-state index is 3.20. The Labute approximate surface area is 165 Å². The van der Waals surface area contributed by atoms with Crippen molar-refractivity contribution in [2.75, 3.05) is 0 Å². The summed E-state index contributed by atoms with van der Waals surface area (Å²) in [5.41, 5.74) is 4.49. The Hall–Kier alpha value is -0.261. The van der Waals surface area contributed by atoms with Crippen LogP contribution in [0.1, 0.15) is 11.1 Å². The molecular formula is C30H24Fe2. The molecule has 0 saturated carbocycles. The van der Waals surface area contributed by atoms with Crippen molar-refractivity contribution < 1.29 is 13.0 Å². The molecule has 0 N–H and O–H groups in total. The van der Waals surface area contributed by atoms with E-state index in [1.165, 1.54) is 86.7 Å². The van der Waals surface area contributed by atoms with Crippen molar-refractivity contribution in [2.45, 2.75) is 95.3 Å². The Kier molecular flexibility index (Phi) is 0.303. The van der Waals surface area contributed by atoms with Crippen LogP contribution < -0.4 is 0 Å². The molecule has 20 saturated heterocycles. The fourth-order valence-corrected chi connectivity index (χ4v) is 184. The monoisotopic (exact) mass is 496 g/mol. The molecule has 20 aliphatic rings. The van der Waals surface area contributed by atoms with Gasteiger partial charge in [-0.1, -0.05) is 0 Å². The van der Waals surface area contributed by atoms with Gasteiger partial charge in [0.2, 0.25) is 0 Å². The molecule has 32 heavy (non-hydrogen) atoms. The van der Waals surface area contributed by atoms with E-state index in [2.05, 4.69) is 47.5 Å². The molecule has 0 amide bonds. The third-order valence-electron chi connectivity index (χ3n) is 32.1. The molecule has 8 unspecified atom stereocenters. The number of benzene rings is 2. The van der Waals surface area contributed by atoms with Crippen LogP contribution in [0.2, 0.25) is 86.7 Å². The van der Waals surface area contributed by atoms with Gasteiger partial charge in [-0.15, -0.1) is 0 Å². The first kappa shape index (κ1) is 10.8. The SMILES string of the molecule is c1ccc2c([C]34[CH]5[CH]6[CH]7[CH]3[Fe]6754389%10[CH]4[CH]3[CH]8[CH]9[CH]4%10)c([C]34[CH]5[CH]6[CH]7[CH]3[Fe]6754389%10[CH]4[CH]3[CH]8[CH]9[CH]4%10)ccc2c1. The molecule has 20 heterocycles. The maximum atomic E-state index is 2.94. The van der Waals surface area contributed by atoms with Crippen molar-refractivity contribution in [3.05, 3.63) is 47.5 Å². The minimum atomic E-state index is -3.20. The van der Waals surface area contributed by atoms with Crippen LogP contribution in [0.3, 0.4) is 0 Å². The van der Waals surface area contributed by atoms with E-state index in [0.717, 1.165) is 8.63 Å². The van der Waals surface area contributed by atoms with Crippen LogP contribution in [0.5, 0.6) is 0 Å². The number of fused-ring (bicyclic) bond motifs is 21. The molecule has 160 valence electrons. The molecule has 2 heteroatoms. The fourth-order valence-electron chi connectivity index (χ4n) is 35.8. The number of rotatable bonds is 2. The molecule has 2 aromatic rings. The van der Waals surface area contributed by atoms with Crippen LogP contribution in [0, 0.1) is 0 Å². The summed E-state index contributed by atoms with van der Waals surface area (Å²) in [7, 11) is 0. The predicted octanol–water partition coefficient (Wildman–Crippen LogP) is 8.43. The first-order chi connectivity index (χ1) is 15.3. The average Bonchev–Trinajstić information content (AvgIpc) is 3.71. The van der Waals surface area contributed by atoms with Crippen LogP contribution in [0.25, 0.3) is 10.8 Å². The van der Waals surface area contributed by atoms with E-state index in [0.29, 0.717) is 0 Å². The molecule has 2 aromatic carbocycles. The van der Waals surface area contributed by atoms with Gasteiger partial charge >= 0.3 is 167 Å². The summed E-state index contributed by atoms with van der Waals surface area (Å²) in [5.74, 6) is 0. The number of hydrogen-bond acceptors (Lipinski definition) is 0. The van der Waals surface area contributed by atoms with Gasteiger partial charge in [0, 0.05) is 0 Å². The summed E-state index contributed by atoms with van der Waals surface area (Å²) in [4.78, 5) is 26.5. The van der Waals surface area contributed by atoms with Crippen molar-refractivity contribution in [2.24, 2.45) is 0 Å². The molecule has 2 spiro atoms. The summed E-state index contributed by atoms with van der Waals surface area (Å²) in [6, 6.07) is 15.6. The summed E-state index contributed by atoms with van der Waals surface area (Å²) in [6.07, 6.45) is 0. The second-order valence-electron chi connectivity index (χ2n) is 22.1. The van der Waals surface area contributed by atoms with Gasteiger partial charge in [0.15, 0.2) is 0 Å². The standard InChI is InChI=1S/C20H14.2C5H5.2Fe/c1-2-8-15(7-1)19-14-13-16-9-5-6-12-18(16)20(19)17-10-3-4-11-17;2*1-2-4-5-3-1;;/h1-14H;2*1-5H;;. The van der Waals surface area contributed by atoms with Crippen LogP contribution >= 0.6 is 0 Å². The van der Waals surface area contributed by atoms with E-state index >= 15 is 0 Å². The van der Waals surface area contributed by atoms with Gasteiger partial charge in [-0.2, -0.15) is 0 Å². The van der Waals surface area contributed by atoms with E-state index in [9.17, 15) is 0 Å². The molecule has 0 aliphatic carbocycles. The van der Waals surface area contributed by atoms with Gasteiger partial charge in [0.05, 0.1) is 0 Å². The zero-order chi connectivity index (χ0) is 18.6. The van der Waals surface area contributed by atoms with Gasteiger partial charge in [0.1, 0.15) is 0 Å². The molecule has 0 bridgehead atoms. The van der Waals surface area contributed by atoms with Crippen molar-refractivity contribution in [3.63, 3.8) is 0 Å². The molecule has 20 aliphatic heterocycles. The van der Waals surface area contributed by atoms with E-state index < -0.39 is 13.0 Å². The average molecular weight is 496 g/mol. The first-order valence-corrected chi connectivity index (χ1v) is 26.8. The second kappa shape index (κ2) is 0.901. The summed E-state index contributed by atoms with van der Waals surface area (Å²) in [6.45, 7) is -6.35. The Balaban J connectivity index is 1.10. The van der Waals surface area contributed by atoms with Crippen LogP contribution in [0.15, 0.2) is 36.4 Å². The van der Waals surface area contributed by atoms with Crippen molar-refractivity contribution in [3.8, 4) is 0 Å².